The molecule has 0 N–H and O–H groups in total. The van der Waals surface area contributed by atoms with Crippen LogP contribution in [0.5, 0.6) is 0 Å². The number of rotatable bonds is 4. The van der Waals surface area contributed by atoms with Gasteiger partial charge in [0, 0.05) is 19.1 Å². The SMILES string of the molecule is O=C1C(=O)N(C2CCCC2)CCN1Cc1cnc(-n2nccn2)cn1. The smallest absolute Gasteiger partial charge is 0.312 e. The molecule has 1 aliphatic heterocycles. The van der Waals surface area contributed by atoms with Gasteiger partial charge >= 0.3 is 11.8 Å². The molecule has 2 aromatic rings. The first-order valence-electron chi connectivity index (χ1n) is 8.50. The molecule has 9 heteroatoms. The predicted molar refractivity (Wildman–Crippen MR) is 86.3 cm³/mol. The van der Waals surface area contributed by atoms with Crippen molar-refractivity contribution in [1.29, 1.82) is 0 Å². The second kappa shape index (κ2) is 6.58. The molecular formula is C16H19N7O2. The maximum Gasteiger partial charge on any atom is 0.312 e. The minimum atomic E-state index is -0.447. The van der Waals surface area contributed by atoms with Crippen molar-refractivity contribution in [1.82, 2.24) is 34.8 Å². The molecule has 4 rings (SSSR count). The van der Waals surface area contributed by atoms with Crippen LogP contribution in [0.15, 0.2) is 24.8 Å². The van der Waals surface area contributed by atoms with Crippen LogP contribution in [0.4, 0.5) is 0 Å². The van der Waals surface area contributed by atoms with Crippen LogP contribution >= 0.6 is 0 Å². The molecule has 2 aromatic heterocycles. The summed E-state index contributed by atoms with van der Waals surface area (Å²) in [4.78, 5) is 38.0. The van der Waals surface area contributed by atoms with E-state index in [-0.39, 0.29) is 18.5 Å². The molecule has 0 unspecified atom stereocenters. The second-order valence-electron chi connectivity index (χ2n) is 6.35. The molecule has 1 saturated carbocycles. The third-order valence-corrected chi connectivity index (χ3v) is 4.78. The topological polar surface area (TPSA) is 97.1 Å². The van der Waals surface area contributed by atoms with E-state index in [0.29, 0.717) is 24.6 Å². The number of carbonyl (C=O) groups excluding carboxylic acids is 2. The average molecular weight is 341 g/mol. The number of carbonyl (C=O) groups is 2. The highest BCUT2D eigenvalue weighted by Gasteiger charge is 2.37. The molecule has 0 spiro atoms. The van der Waals surface area contributed by atoms with E-state index < -0.39 is 5.91 Å². The van der Waals surface area contributed by atoms with Gasteiger partial charge in [-0.15, -0.1) is 4.80 Å². The van der Waals surface area contributed by atoms with Crippen molar-refractivity contribution in [2.45, 2.75) is 38.3 Å². The summed E-state index contributed by atoms with van der Waals surface area (Å²) in [5.41, 5.74) is 0.631. The van der Waals surface area contributed by atoms with Crippen LogP contribution < -0.4 is 0 Å². The predicted octanol–water partition coefficient (Wildman–Crippen LogP) is 0.171. The van der Waals surface area contributed by atoms with E-state index in [1.54, 1.807) is 34.6 Å². The Kier molecular flexibility index (Phi) is 4.12. The van der Waals surface area contributed by atoms with Gasteiger partial charge in [0.15, 0.2) is 5.82 Å². The quantitative estimate of drug-likeness (QED) is 0.736. The first kappa shape index (κ1) is 15.7. The number of aromatic nitrogens is 5. The summed E-state index contributed by atoms with van der Waals surface area (Å²) in [5.74, 6) is -0.330. The number of piperazine rings is 1. The summed E-state index contributed by atoms with van der Waals surface area (Å²) < 4.78 is 0. The lowest BCUT2D eigenvalue weighted by atomic mass is 10.1. The van der Waals surface area contributed by atoms with Gasteiger partial charge in [-0.05, 0) is 12.8 Å². The molecule has 2 amide bonds. The van der Waals surface area contributed by atoms with Crippen molar-refractivity contribution in [3.63, 3.8) is 0 Å². The Morgan fingerprint density at radius 1 is 0.960 bits per heavy atom. The zero-order chi connectivity index (χ0) is 17.2. The van der Waals surface area contributed by atoms with Crippen LogP contribution in [0, 0.1) is 0 Å². The molecule has 0 atom stereocenters. The fourth-order valence-electron chi connectivity index (χ4n) is 3.47. The van der Waals surface area contributed by atoms with E-state index in [4.69, 9.17) is 0 Å². The Bertz CT molecular complexity index is 753. The zero-order valence-corrected chi connectivity index (χ0v) is 13.8. The highest BCUT2D eigenvalue weighted by Crippen LogP contribution is 2.25. The lowest BCUT2D eigenvalue weighted by Gasteiger charge is -2.37. The highest BCUT2D eigenvalue weighted by atomic mass is 16.2. The third-order valence-electron chi connectivity index (χ3n) is 4.78. The Labute approximate surface area is 144 Å². The van der Waals surface area contributed by atoms with Gasteiger partial charge in [0.2, 0.25) is 0 Å². The molecule has 2 aliphatic rings. The van der Waals surface area contributed by atoms with Gasteiger partial charge in [-0.2, -0.15) is 10.2 Å². The molecule has 0 radical (unpaired) electrons. The Hall–Kier alpha value is -2.84. The molecule has 3 heterocycles. The van der Waals surface area contributed by atoms with E-state index in [2.05, 4.69) is 20.2 Å². The maximum atomic E-state index is 12.4. The van der Waals surface area contributed by atoms with Crippen molar-refractivity contribution < 1.29 is 9.59 Å². The van der Waals surface area contributed by atoms with Gasteiger partial charge in [0.1, 0.15) is 0 Å². The molecule has 2 fully saturated rings. The van der Waals surface area contributed by atoms with E-state index in [1.807, 2.05) is 0 Å². The lowest BCUT2D eigenvalue weighted by Crippen LogP contribution is -2.56. The van der Waals surface area contributed by atoms with Crippen LogP contribution in [0.3, 0.4) is 0 Å². The van der Waals surface area contributed by atoms with Crippen molar-refractivity contribution >= 4 is 11.8 Å². The number of hydrogen-bond donors (Lipinski definition) is 0. The van der Waals surface area contributed by atoms with Crippen LogP contribution in [0.25, 0.3) is 5.82 Å². The van der Waals surface area contributed by atoms with Gasteiger partial charge in [-0.25, -0.2) is 4.98 Å². The van der Waals surface area contributed by atoms with Crippen LogP contribution in [-0.2, 0) is 16.1 Å². The van der Waals surface area contributed by atoms with Crippen molar-refractivity contribution in [2.75, 3.05) is 13.1 Å². The van der Waals surface area contributed by atoms with Crippen molar-refractivity contribution in [3.8, 4) is 5.82 Å². The second-order valence-corrected chi connectivity index (χ2v) is 6.35. The molecule has 25 heavy (non-hydrogen) atoms. The first-order valence-corrected chi connectivity index (χ1v) is 8.50. The van der Waals surface area contributed by atoms with Crippen molar-refractivity contribution in [2.24, 2.45) is 0 Å². The summed E-state index contributed by atoms with van der Waals surface area (Å²) >= 11 is 0. The number of hydrogen-bond acceptors (Lipinski definition) is 6. The molecule has 130 valence electrons. The molecular weight excluding hydrogens is 322 g/mol. The Balaban J connectivity index is 1.41. The molecule has 0 aromatic carbocycles. The fraction of sp³-hybridized carbons (Fsp3) is 0.500. The highest BCUT2D eigenvalue weighted by molar-refractivity contribution is 6.35. The Morgan fingerprint density at radius 3 is 2.40 bits per heavy atom. The van der Waals surface area contributed by atoms with Gasteiger partial charge in [0.05, 0.1) is 37.0 Å². The van der Waals surface area contributed by atoms with E-state index in [0.717, 1.165) is 25.7 Å². The summed E-state index contributed by atoms with van der Waals surface area (Å²) in [6.45, 7) is 1.41. The summed E-state index contributed by atoms with van der Waals surface area (Å²) in [7, 11) is 0. The summed E-state index contributed by atoms with van der Waals surface area (Å²) in [6, 6.07) is 0.235. The monoisotopic (exact) mass is 341 g/mol. The normalized spacial score (nSPS) is 19.0. The van der Waals surface area contributed by atoms with E-state index >= 15 is 0 Å². The number of nitrogens with zero attached hydrogens (tertiary/aromatic N) is 7. The van der Waals surface area contributed by atoms with Gasteiger partial charge in [-0.1, -0.05) is 12.8 Å². The Morgan fingerprint density at radius 2 is 1.72 bits per heavy atom. The minimum Gasteiger partial charge on any atom is -0.330 e. The fourth-order valence-corrected chi connectivity index (χ4v) is 3.47. The average Bonchev–Trinajstić information content (AvgIpc) is 3.33. The molecule has 0 bridgehead atoms. The van der Waals surface area contributed by atoms with Gasteiger partial charge in [0.25, 0.3) is 0 Å². The summed E-state index contributed by atoms with van der Waals surface area (Å²) in [5, 5.41) is 7.98. The first-order chi connectivity index (χ1) is 12.2. The number of amides is 2. The van der Waals surface area contributed by atoms with Crippen molar-refractivity contribution in [3.05, 3.63) is 30.5 Å². The van der Waals surface area contributed by atoms with Crippen LogP contribution in [0.2, 0.25) is 0 Å². The van der Waals surface area contributed by atoms with Crippen LogP contribution in [0.1, 0.15) is 31.4 Å². The molecule has 1 saturated heterocycles. The maximum absolute atomic E-state index is 12.4. The largest absolute Gasteiger partial charge is 0.330 e. The lowest BCUT2D eigenvalue weighted by molar-refractivity contribution is -0.158. The van der Waals surface area contributed by atoms with Gasteiger partial charge in [-0.3, -0.25) is 14.6 Å². The minimum absolute atomic E-state index is 0.235. The van der Waals surface area contributed by atoms with Crippen LogP contribution in [-0.4, -0.2) is 65.7 Å². The van der Waals surface area contributed by atoms with E-state index in [1.165, 1.54) is 4.80 Å². The summed E-state index contributed by atoms with van der Waals surface area (Å²) in [6.07, 6.45) is 10.5. The molecule has 9 nitrogen and oxygen atoms in total. The van der Waals surface area contributed by atoms with Gasteiger partial charge < -0.3 is 9.80 Å². The standard InChI is InChI=1S/C16H19N7O2/c24-15-16(25)22(13-3-1-2-4-13)8-7-21(15)11-12-9-18-14(10-17-12)23-19-5-6-20-23/h5-6,9-10,13H,1-4,7-8,11H2. The molecule has 1 aliphatic carbocycles. The third kappa shape index (κ3) is 3.09. The zero-order valence-electron chi connectivity index (χ0n) is 13.8. The van der Waals surface area contributed by atoms with E-state index in [9.17, 15) is 9.59 Å².